The van der Waals surface area contributed by atoms with E-state index in [1.54, 1.807) is 0 Å². The number of rotatable bonds is 3. The molecule has 120 valence electrons. The Bertz CT molecular complexity index is 703. The van der Waals surface area contributed by atoms with Crippen molar-refractivity contribution < 1.29 is 24.8 Å². The van der Waals surface area contributed by atoms with Gasteiger partial charge in [0, 0.05) is 0 Å². The van der Waals surface area contributed by atoms with Gasteiger partial charge in [-0.1, -0.05) is 0 Å². The zero-order chi connectivity index (χ0) is 16.1. The third kappa shape index (κ3) is 2.00. The molecule has 1 aliphatic rings. The predicted octanol–water partition coefficient (Wildman–Crippen LogP) is -1.58. The summed E-state index contributed by atoms with van der Waals surface area (Å²) in [6.45, 7) is 0.979. The molecule has 0 bridgehead atoms. The number of aliphatic hydroxyl groups excluding tert-OH is 2. The molecule has 10 heteroatoms. The van der Waals surface area contributed by atoms with Gasteiger partial charge in [-0.15, -0.1) is 0 Å². The van der Waals surface area contributed by atoms with Gasteiger partial charge in [-0.05, 0) is 6.92 Å². The monoisotopic (exact) mass is 311 g/mol. The van der Waals surface area contributed by atoms with Crippen molar-refractivity contribution in [2.75, 3.05) is 19.5 Å². The number of ether oxygens (including phenoxy) is 2. The summed E-state index contributed by atoms with van der Waals surface area (Å²) in [7, 11) is 1.42. The van der Waals surface area contributed by atoms with Crippen LogP contribution in [0.4, 0.5) is 5.95 Å². The number of methoxy groups -OCH3 is 1. The first-order valence-electron chi connectivity index (χ1n) is 6.61. The maximum absolute atomic E-state index is 10.5. The molecule has 3 heterocycles. The van der Waals surface area contributed by atoms with Crippen LogP contribution in [0, 0.1) is 0 Å². The first-order chi connectivity index (χ1) is 10.4. The number of imidazole rings is 1. The lowest BCUT2D eigenvalue weighted by Crippen LogP contribution is -2.44. The van der Waals surface area contributed by atoms with Crippen LogP contribution in [0.15, 0.2) is 6.33 Å². The predicted molar refractivity (Wildman–Crippen MR) is 73.9 cm³/mol. The summed E-state index contributed by atoms with van der Waals surface area (Å²) in [5.41, 5.74) is 4.63. The Morgan fingerprint density at radius 2 is 2.23 bits per heavy atom. The van der Waals surface area contributed by atoms with Gasteiger partial charge in [0.25, 0.3) is 0 Å². The van der Waals surface area contributed by atoms with Gasteiger partial charge in [-0.3, -0.25) is 4.57 Å². The van der Waals surface area contributed by atoms with Crippen LogP contribution in [0.3, 0.4) is 0 Å². The van der Waals surface area contributed by atoms with Gasteiger partial charge in [-0.2, -0.15) is 9.97 Å². The average Bonchev–Trinajstić information content (AvgIpc) is 2.98. The molecule has 1 saturated heterocycles. The molecule has 1 fully saturated rings. The summed E-state index contributed by atoms with van der Waals surface area (Å²) in [5.74, 6) is 0.168. The highest BCUT2D eigenvalue weighted by molar-refractivity contribution is 5.77. The molecule has 10 nitrogen and oxygen atoms in total. The number of hydrogen-bond acceptors (Lipinski definition) is 9. The molecule has 2 aromatic heterocycles. The van der Waals surface area contributed by atoms with Gasteiger partial charge in [0.2, 0.25) is 11.8 Å². The third-order valence-corrected chi connectivity index (χ3v) is 3.79. The van der Waals surface area contributed by atoms with Crippen molar-refractivity contribution >= 4 is 17.1 Å². The highest BCUT2D eigenvalue weighted by Gasteiger charge is 2.53. The molecular weight excluding hydrogens is 294 g/mol. The molecule has 0 saturated carbocycles. The highest BCUT2D eigenvalue weighted by atomic mass is 16.6. The molecule has 0 aromatic carbocycles. The lowest BCUT2D eigenvalue weighted by atomic mass is 9.96. The van der Waals surface area contributed by atoms with Crippen LogP contribution in [0.2, 0.25) is 0 Å². The Kier molecular flexibility index (Phi) is 3.40. The molecule has 1 aliphatic heterocycles. The van der Waals surface area contributed by atoms with Gasteiger partial charge in [0.1, 0.15) is 17.8 Å². The van der Waals surface area contributed by atoms with E-state index < -0.39 is 30.6 Å². The molecule has 0 radical (unpaired) electrons. The maximum Gasteiger partial charge on any atom is 0.246 e. The van der Waals surface area contributed by atoms with Crippen LogP contribution < -0.4 is 10.5 Å². The van der Waals surface area contributed by atoms with Crippen LogP contribution in [-0.2, 0) is 4.74 Å². The van der Waals surface area contributed by atoms with E-state index in [9.17, 15) is 15.3 Å². The molecule has 2 aromatic rings. The smallest absolute Gasteiger partial charge is 0.246 e. The molecule has 4 atom stereocenters. The number of fused-ring (bicyclic) bond motifs is 1. The van der Waals surface area contributed by atoms with Crippen molar-refractivity contribution in [2.45, 2.75) is 31.0 Å². The SMILES string of the molecule is COc1nc(N)nc2c1ncn2C1O[C@H](CO)[C@@H](O)[C@@]1(C)O. The minimum atomic E-state index is -1.64. The number of aromatic nitrogens is 4. The largest absolute Gasteiger partial charge is 0.479 e. The summed E-state index contributed by atoms with van der Waals surface area (Å²) < 4.78 is 12.1. The minimum absolute atomic E-state index is 0.0250. The minimum Gasteiger partial charge on any atom is -0.479 e. The fourth-order valence-electron chi connectivity index (χ4n) is 2.61. The molecule has 22 heavy (non-hydrogen) atoms. The van der Waals surface area contributed by atoms with E-state index in [2.05, 4.69) is 15.0 Å². The summed E-state index contributed by atoms with van der Waals surface area (Å²) in [6, 6.07) is 0. The van der Waals surface area contributed by atoms with Gasteiger partial charge in [0.15, 0.2) is 17.4 Å². The molecule has 3 rings (SSSR count). The van der Waals surface area contributed by atoms with E-state index in [1.807, 2.05) is 0 Å². The van der Waals surface area contributed by atoms with E-state index in [-0.39, 0.29) is 11.8 Å². The van der Waals surface area contributed by atoms with Crippen LogP contribution in [-0.4, -0.2) is 66.4 Å². The average molecular weight is 311 g/mol. The summed E-state index contributed by atoms with van der Waals surface area (Å²) in [6.07, 6.45) is -1.80. The molecule has 1 unspecified atom stereocenters. The molecule has 0 spiro atoms. The van der Waals surface area contributed by atoms with Crippen LogP contribution in [0.25, 0.3) is 11.2 Å². The van der Waals surface area contributed by atoms with E-state index >= 15 is 0 Å². The van der Waals surface area contributed by atoms with Gasteiger partial charge < -0.3 is 30.5 Å². The van der Waals surface area contributed by atoms with E-state index in [0.29, 0.717) is 11.2 Å². The number of aliphatic hydroxyl groups is 3. The van der Waals surface area contributed by atoms with Crippen molar-refractivity contribution in [3.05, 3.63) is 6.33 Å². The zero-order valence-corrected chi connectivity index (χ0v) is 12.0. The van der Waals surface area contributed by atoms with Gasteiger partial charge >= 0.3 is 0 Å². The second kappa shape index (κ2) is 5.02. The Morgan fingerprint density at radius 3 is 2.82 bits per heavy atom. The molecule has 0 amide bonds. The standard InChI is InChI=1S/C12H17N5O5/c1-12(20)7(19)5(3-18)22-10(12)17-4-14-6-8(17)15-11(13)16-9(6)21-2/h4-5,7,10,18-20H,3H2,1-2H3,(H2,13,15,16)/t5-,7-,10?,12-/m1/s1. The topological polar surface area (TPSA) is 149 Å². The first-order valence-corrected chi connectivity index (χ1v) is 6.61. The first kappa shape index (κ1) is 14.9. The summed E-state index contributed by atoms with van der Waals surface area (Å²) in [5, 5.41) is 29.8. The van der Waals surface area contributed by atoms with E-state index in [1.165, 1.54) is 24.9 Å². The molecule has 0 aliphatic carbocycles. The Morgan fingerprint density at radius 1 is 1.50 bits per heavy atom. The second-order valence-electron chi connectivity index (χ2n) is 5.30. The third-order valence-electron chi connectivity index (χ3n) is 3.79. The van der Waals surface area contributed by atoms with Crippen molar-refractivity contribution in [3.63, 3.8) is 0 Å². The fraction of sp³-hybridized carbons (Fsp3) is 0.583. The van der Waals surface area contributed by atoms with E-state index in [4.69, 9.17) is 15.2 Å². The van der Waals surface area contributed by atoms with Crippen LogP contribution in [0.5, 0.6) is 5.88 Å². The number of nitrogen functional groups attached to an aromatic ring is 1. The van der Waals surface area contributed by atoms with Gasteiger partial charge in [-0.25, -0.2) is 4.98 Å². The normalized spacial score (nSPS) is 31.8. The number of nitrogens with two attached hydrogens (primary N) is 1. The Labute approximate surface area is 125 Å². The number of hydrogen-bond donors (Lipinski definition) is 4. The molecule has 5 N–H and O–H groups in total. The van der Waals surface area contributed by atoms with Crippen molar-refractivity contribution in [3.8, 4) is 5.88 Å². The van der Waals surface area contributed by atoms with Gasteiger partial charge in [0.05, 0.1) is 20.0 Å². The Hall–Kier alpha value is -2.01. The van der Waals surface area contributed by atoms with Crippen LogP contribution >= 0.6 is 0 Å². The fourth-order valence-corrected chi connectivity index (χ4v) is 2.61. The summed E-state index contributed by atoms with van der Waals surface area (Å²) >= 11 is 0. The maximum atomic E-state index is 10.5. The molecular formula is C12H17N5O5. The lowest BCUT2D eigenvalue weighted by molar-refractivity contribution is -0.0950. The Balaban J connectivity index is 2.13. The van der Waals surface area contributed by atoms with Crippen molar-refractivity contribution in [1.82, 2.24) is 19.5 Å². The van der Waals surface area contributed by atoms with Crippen LogP contribution in [0.1, 0.15) is 13.2 Å². The number of anilines is 1. The lowest BCUT2D eigenvalue weighted by Gasteiger charge is -2.27. The zero-order valence-electron chi connectivity index (χ0n) is 12.0. The van der Waals surface area contributed by atoms with Crippen molar-refractivity contribution in [1.29, 1.82) is 0 Å². The van der Waals surface area contributed by atoms with Crippen molar-refractivity contribution in [2.24, 2.45) is 0 Å². The quantitative estimate of drug-likeness (QED) is 0.526. The summed E-state index contributed by atoms with van der Waals surface area (Å²) in [4.78, 5) is 12.1. The number of nitrogens with zero attached hydrogens (tertiary/aromatic N) is 4. The second-order valence-corrected chi connectivity index (χ2v) is 5.30. The van der Waals surface area contributed by atoms with E-state index in [0.717, 1.165) is 0 Å². The highest BCUT2D eigenvalue weighted by Crippen LogP contribution is 2.39.